The van der Waals surface area contributed by atoms with Gasteiger partial charge in [0.1, 0.15) is 18.3 Å². The van der Waals surface area contributed by atoms with E-state index in [1.807, 2.05) is 31.2 Å². The average Bonchev–Trinajstić information content (AvgIpc) is 3.51. The van der Waals surface area contributed by atoms with Gasteiger partial charge in [0.05, 0.1) is 17.7 Å². The molecule has 1 aliphatic rings. The topological polar surface area (TPSA) is 96.0 Å². The molecule has 4 rings (SSSR count). The number of ether oxygens (including phenoxy) is 1. The van der Waals surface area contributed by atoms with Crippen LogP contribution in [-0.2, 0) is 26.2 Å². The number of benzene rings is 3. The highest BCUT2D eigenvalue weighted by Crippen LogP contribution is 2.27. The molecule has 3 aromatic rings. The van der Waals surface area contributed by atoms with Crippen LogP contribution in [-0.4, -0.2) is 50.9 Å². The van der Waals surface area contributed by atoms with Crippen molar-refractivity contribution in [2.24, 2.45) is 0 Å². The molecular formula is C34H43N3O5S. The van der Waals surface area contributed by atoms with Gasteiger partial charge in [-0.05, 0) is 80.1 Å². The van der Waals surface area contributed by atoms with Gasteiger partial charge in [-0.15, -0.1) is 0 Å². The van der Waals surface area contributed by atoms with Gasteiger partial charge >= 0.3 is 0 Å². The van der Waals surface area contributed by atoms with Gasteiger partial charge in [0.15, 0.2) is 0 Å². The molecule has 1 fully saturated rings. The molecule has 0 aliphatic heterocycles. The monoisotopic (exact) mass is 605 g/mol. The summed E-state index contributed by atoms with van der Waals surface area (Å²) < 4.78 is 34.5. The molecule has 3 aromatic carbocycles. The number of carbonyl (C=O) groups is 2. The van der Waals surface area contributed by atoms with Gasteiger partial charge in [-0.2, -0.15) is 0 Å². The van der Waals surface area contributed by atoms with E-state index < -0.39 is 28.5 Å². The predicted molar refractivity (Wildman–Crippen MR) is 170 cm³/mol. The first-order valence-corrected chi connectivity index (χ1v) is 16.4. The fourth-order valence-electron chi connectivity index (χ4n) is 5.29. The van der Waals surface area contributed by atoms with Crippen molar-refractivity contribution < 1.29 is 22.7 Å². The predicted octanol–water partition coefficient (Wildman–Crippen LogP) is 5.80. The van der Waals surface area contributed by atoms with Crippen LogP contribution in [0.1, 0.15) is 69.1 Å². The molecule has 1 saturated carbocycles. The molecule has 1 N–H and O–H groups in total. The SMILES string of the molecule is COc1ccc(CN(C(=O)CN(c2ccc(C(C)C)cc2)S(=O)(=O)c2ccc(C)cc2)[C@H](C)C(=O)NC2CCCC2)cc1. The van der Waals surface area contributed by atoms with E-state index in [9.17, 15) is 18.0 Å². The molecule has 1 atom stereocenters. The maximum Gasteiger partial charge on any atom is 0.264 e. The molecule has 2 amide bonds. The Balaban J connectivity index is 1.69. The number of hydrogen-bond acceptors (Lipinski definition) is 5. The van der Waals surface area contributed by atoms with Crippen molar-refractivity contribution in [1.82, 2.24) is 10.2 Å². The molecular weight excluding hydrogens is 562 g/mol. The van der Waals surface area contributed by atoms with Crippen LogP contribution in [0.3, 0.4) is 0 Å². The number of amides is 2. The molecule has 9 heteroatoms. The lowest BCUT2D eigenvalue weighted by molar-refractivity contribution is -0.139. The Bertz CT molecular complexity index is 1480. The molecule has 0 aromatic heterocycles. The zero-order chi connectivity index (χ0) is 31.1. The third-order valence-corrected chi connectivity index (χ3v) is 9.90. The van der Waals surface area contributed by atoms with Crippen molar-refractivity contribution in [3.05, 3.63) is 89.5 Å². The Hall–Kier alpha value is -3.85. The number of nitrogens with zero attached hydrogens (tertiary/aromatic N) is 2. The summed E-state index contributed by atoms with van der Waals surface area (Å²) in [4.78, 5) is 29.1. The molecule has 0 spiro atoms. The lowest BCUT2D eigenvalue weighted by atomic mass is 10.0. The lowest BCUT2D eigenvalue weighted by Gasteiger charge is -2.32. The second kappa shape index (κ2) is 14.1. The van der Waals surface area contributed by atoms with Gasteiger partial charge in [-0.25, -0.2) is 8.42 Å². The summed E-state index contributed by atoms with van der Waals surface area (Å²) in [5, 5.41) is 3.10. The average molecular weight is 606 g/mol. The molecule has 0 bridgehead atoms. The van der Waals surface area contributed by atoms with Gasteiger partial charge < -0.3 is 15.0 Å². The van der Waals surface area contributed by atoms with Crippen molar-refractivity contribution >= 4 is 27.5 Å². The van der Waals surface area contributed by atoms with Crippen LogP contribution < -0.4 is 14.4 Å². The highest BCUT2D eigenvalue weighted by atomic mass is 32.2. The largest absolute Gasteiger partial charge is 0.497 e. The second-order valence-corrected chi connectivity index (χ2v) is 13.5. The summed E-state index contributed by atoms with van der Waals surface area (Å²) >= 11 is 0. The molecule has 230 valence electrons. The first kappa shape index (κ1) is 32.1. The Labute approximate surface area is 256 Å². The number of sulfonamides is 1. The van der Waals surface area contributed by atoms with E-state index in [1.165, 1.54) is 4.90 Å². The van der Waals surface area contributed by atoms with Gasteiger partial charge in [-0.1, -0.05) is 68.7 Å². The Morgan fingerprint density at radius 3 is 2.07 bits per heavy atom. The fraction of sp³-hybridized carbons (Fsp3) is 0.412. The zero-order valence-electron chi connectivity index (χ0n) is 25.7. The summed E-state index contributed by atoms with van der Waals surface area (Å²) in [6.45, 7) is 7.38. The van der Waals surface area contributed by atoms with Crippen LogP contribution in [0.5, 0.6) is 5.75 Å². The van der Waals surface area contributed by atoms with E-state index in [1.54, 1.807) is 62.6 Å². The number of rotatable bonds is 12. The first-order valence-electron chi connectivity index (χ1n) is 14.9. The second-order valence-electron chi connectivity index (χ2n) is 11.6. The van der Waals surface area contributed by atoms with Gasteiger partial charge in [0, 0.05) is 12.6 Å². The number of aryl methyl sites for hydroxylation is 1. The molecule has 1 aliphatic carbocycles. The minimum Gasteiger partial charge on any atom is -0.497 e. The Morgan fingerprint density at radius 1 is 0.907 bits per heavy atom. The van der Waals surface area contributed by atoms with E-state index in [4.69, 9.17) is 4.74 Å². The quantitative estimate of drug-likeness (QED) is 0.282. The van der Waals surface area contributed by atoms with Crippen LogP contribution in [0.25, 0.3) is 0 Å². The Morgan fingerprint density at radius 2 is 1.51 bits per heavy atom. The zero-order valence-corrected chi connectivity index (χ0v) is 26.6. The standard InChI is InChI=1S/C34H43N3O5S/c1-24(2)28-14-16-30(17-15-28)37(43(40,41)32-20-10-25(3)11-21-32)23-33(38)36(22-27-12-18-31(42-5)19-13-27)26(4)34(39)35-29-8-6-7-9-29/h10-21,24,26,29H,6-9,22-23H2,1-5H3,(H,35,39)/t26-/m1/s1. The highest BCUT2D eigenvalue weighted by Gasteiger charge is 2.33. The number of carbonyl (C=O) groups excluding carboxylic acids is 2. The lowest BCUT2D eigenvalue weighted by Crippen LogP contribution is -2.52. The van der Waals surface area contributed by atoms with E-state index in [0.29, 0.717) is 11.4 Å². The third-order valence-electron chi connectivity index (χ3n) is 8.12. The van der Waals surface area contributed by atoms with Crippen molar-refractivity contribution in [3.63, 3.8) is 0 Å². The molecule has 0 unspecified atom stereocenters. The van der Waals surface area contributed by atoms with Crippen molar-refractivity contribution in [1.29, 1.82) is 0 Å². The van der Waals surface area contributed by atoms with E-state index >= 15 is 0 Å². The van der Waals surface area contributed by atoms with Crippen LogP contribution in [0, 0.1) is 6.92 Å². The van der Waals surface area contributed by atoms with Gasteiger partial charge in [0.25, 0.3) is 10.0 Å². The highest BCUT2D eigenvalue weighted by molar-refractivity contribution is 7.92. The summed E-state index contributed by atoms with van der Waals surface area (Å²) in [5.41, 5.74) is 3.16. The third kappa shape index (κ3) is 7.96. The summed E-state index contributed by atoms with van der Waals surface area (Å²) in [6, 6.07) is 20.4. The number of nitrogens with one attached hydrogen (secondary N) is 1. The van der Waals surface area contributed by atoms with Crippen LogP contribution in [0.4, 0.5) is 5.69 Å². The van der Waals surface area contributed by atoms with Crippen molar-refractivity contribution in [3.8, 4) is 5.75 Å². The molecule has 0 heterocycles. The van der Waals surface area contributed by atoms with E-state index in [-0.39, 0.29) is 29.3 Å². The maximum atomic E-state index is 14.2. The fourth-order valence-corrected chi connectivity index (χ4v) is 6.71. The summed E-state index contributed by atoms with van der Waals surface area (Å²) in [6.07, 6.45) is 3.96. The first-order chi connectivity index (χ1) is 20.5. The van der Waals surface area contributed by atoms with Crippen LogP contribution in [0.2, 0.25) is 0 Å². The minimum atomic E-state index is -4.11. The molecule has 0 saturated heterocycles. The van der Waals surface area contributed by atoms with E-state index in [2.05, 4.69) is 19.2 Å². The number of anilines is 1. The molecule has 0 radical (unpaired) electrons. The number of methoxy groups -OCH3 is 1. The van der Waals surface area contributed by atoms with Gasteiger partial charge in [-0.3, -0.25) is 13.9 Å². The Kier molecular flexibility index (Phi) is 10.5. The normalized spacial score (nSPS) is 14.4. The van der Waals surface area contributed by atoms with Crippen LogP contribution >= 0.6 is 0 Å². The maximum absolute atomic E-state index is 14.2. The number of hydrogen-bond donors (Lipinski definition) is 1. The van der Waals surface area contributed by atoms with Crippen molar-refractivity contribution in [2.75, 3.05) is 18.0 Å². The van der Waals surface area contributed by atoms with Gasteiger partial charge in [0.2, 0.25) is 11.8 Å². The van der Waals surface area contributed by atoms with Crippen LogP contribution in [0.15, 0.2) is 77.7 Å². The smallest absolute Gasteiger partial charge is 0.264 e. The molecule has 43 heavy (non-hydrogen) atoms. The minimum absolute atomic E-state index is 0.0887. The summed E-state index contributed by atoms with van der Waals surface area (Å²) in [7, 11) is -2.53. The van der Waals surface area contributed by atoms with E-state index in [0.717, 1.165) is 46.7 Å². The summed E-state index contributed by atoms with van der Waals surface area (Å²) in [5.74, 6) is 0.211. The molecule has 8 nitrogen and oxygen atoms in total. The van der Waals surface area contributed by atoms with Crippen molar-refractivity contribution in [2.45, 2.75) is 82.8 Å².